The van der Waals surface area contributed by atoms with E-state index >= 15 is 0 Å². The number of hydrogen-bond acceptors (Lipinski definition) is 1. The first kappa shape index (κ1) is 17.9. The summed E-state index contributed by atoms with van der Waals surface area (Å²) < 4.78 is 63.1. The number of alkyl halides is 3. The first-order valence-electron chi connectivity index (χ1n) is 6.94. The maximum Gasteiger partial charge on any atom is 0.389 e. The number of nitrogens with one attached hydrogen (secondary N) is 1. The molecule has 0 saturated carbocycles. The molecular weight excluding hydrogens is 289 g/mol. The Labute approximate surface area is 121 Å². The van der Waals surface area contributed by atoms with Gasteiger partial charge in [0.1, 0.15) is 11.6 Å². The molecule has 6 heteroatoms. The lowest BCUT2D eigenvalue weighted by atomic mass is 10.0. The van der Waals surface area contributed by atoms with E-state index in [-0.39, 0.29) is 30.5 Å². The average molecular weight is 309 g/mol. The summed E-state index contributed by atoms with van der Waals surface area (Å²) in [6.45, 7) is 3.52. The molecule has 0 aliphatic rings. The van der Waals surface area contributed by atoms with Crippen LogP contribution in [0.5, 0.6) is 0 Å². The molecule has 1 rings (SSSR count). The Hall–Kier alpha value is -1.17. The highest BCUT2D eigenvalue weighted by Crippen LogP contribution is 2.22. The molecule has 0 saturated heterocycles. The maximum absolute atomic E-state index is 13.5. The molecule has 0 amide bonds. The lowest BCUT2D eigenvalue weighted by Crippen LogP contribution is -2.36. The fraction of sp³-hybridized carbons (Fsp3) is 0.600. The Morgan fingerprint density at radius 2 is 1.62 bits per heavy atom. The highest BCUT2D eigenvalue weighted by Gasteiger charge is 2.26. The van der Waals surface area contributed by atoms with Crippen LogP contribution in [0, 0.1) is 11.6 Å². The largest absolute Gasteiger partial charge is 0.389 e. The molecule has 21 heavy (non-hydrogen) atoms. The van der Waals surface area contributed by atoms with E-state index in [1.165, 1.54) is 18.2 Å². The number of hydrogen-bond donors (Lipinski definition) is 1. The summed E-state index contributed by atoms with van der Waals surface area (Å²) in [5.41, 5.74) is -0.00000785. The van der Waals surface area contributed by atoms with Gasteiger partial charge in [-0.05, 0) is 45.2 Å². The quantitative estimate of drug-likeness (QED) is 0.725. The van der Waals surface area contributed by atoms with Crippen LogP contribution in [0.1, 0.15) is 38.7 Å². The van der Waals surface area contributed by atoms with Crippen molar-refractivity contribution in [2.24, 2.45) is 0 Å². The van der Waals surface area contributed by atoms with Gasteiger partial charge in [0.2, 0.25) is 0 Å². The molecule has 2 unspecified atom stereocenters. The standard InChI is InChI=1S/C15H20F5N/c1-10(5-4-8-15(18,19)20)21-11(2)9-12-13(16)6-3-7-14(12)17/h3,6-7,10-11,21H,4-5,8-9H2,1-2H3. The molecule has 0 aliphatic carbocycles. The molecule has 2 atom stereocenters. The monoisotopic (exact) mass is 309 g/mol. The van der Waals surface area contributed by atoms with Gasteiger partial charge in [-0.25, -0.2) is 8.78 Å². The van der Waals surface area contributed by atoms with E-state index < -0.39 is 24.2 Å². The highest BCUT2D eigenvalue weighted by atomic mass is 19.4. The van der Waals surface area contributed by atoms with Crippen LogP contribution < -0.4 is 5.32 Å². The maximum atomic E-state index is 13.5. The van der Waals surface area contributed by atoms with Crippen LogP contribution in [-0.4, -0.2) is 18.3 Å². The minimum Gasteiger partial charge on any atom is -0.311 e. The van der Waals surface area contributed by atoms with Gasteiger partial charge in [0.25, 0.3) is 0 Å². The van der Waals surface area contributed by atoms with E-state index in [4.69, 9.17) is 0 Å². The van der Waals surface area contributed by atoms with Crippen molar-refractivity contribution in [3.8, 4) is 0 Å². The minimum absolute atomic E-state index is 0.00000785. The van der Waals surface area contributed by atoms with Gasteiger partial charge in [0.05, 0.1) is 0 Å². The molecular formula is C15H20F5N. The zero-order valence-electron chi connectivity index (χ0n) is 12.1. The van der Waals surface area contributed by atoms with Crippen LogP contribution in [0.25, 0.3) is 0 Å². The van der Waals surface area contributed by atoms with Gasteiger partial charge >= 0.3 is 6.18 Å². The van der Waals surface area contributed by atoms with Crippen molar-refractivity contribution in [1.82, 2.24) is 5.32 Å². The van der Waals surface area contributed by atoms with Gasteiger partial charge in [-0.15, -0.1) is 0 Å². The molecule has 0 aromatic heterocycles. The molecule has 1 nitrogen and oxygen atoms in total. The van der Waals surface area contributed by atoms with E-state index in [2.05, 4.69) is 5.32 Å². The zero-order chi connectivity index (χ0) is 16.0. The summed E-state index contributed by atoms with van der Waals surface area (Å²) in [5, 5.41) is 3.07. The predicted octanol–water partition coefficient (Wildman–Crippen LogP) is 4.61. The van der Waals surface area contributed by atoms with Crippen molar-refractivity contribution in [3.63, 3.8) is 0 Å². The van der Waals surface area contributed by atoms with E-state index in [9.17, 15) is 22.0 Å². The van der Waals surface area contributed by atoms with Gasteiger partial charge in [-0.2, -0.15) is 13.2 Å². The Kier molecular flexibility index (Phi) is 6.58. The van der Waals surface area contributed by atoms with Crippen molar-refractivity contribution in [1.29, 1.82) is 0 Å². The smallest absolute Gasteiger partial charge is 0.311 e. The van der Waals surface area contributed by atoms with Crippen molar-refractivity contribution >= 4 is 0 Å². The van der Waals surface area contributed by atoms with E-state index in [0.717, 1.165) is 0 Å². The molecule has 0 radical (unpaired) electrons. The van der Waals surface area contributed by atoms with Gasteiger partial charge in [0, 0.05) is 24.1 Å². The molecule has 1 aromatic rings. The second-order valence-electron chi connectivity index (χ2n) is 5.38. The average Bonchev–Trinajstić information content (AvgIpc) is 2.32. The topological polar surface area (TPSA) is 12.0 Å². The lowest BCUT2D eigenvalue weighted by Gasteiger charge is -2.20. The Morgan fingerprint density at radius 3 is 2.14 bits per heavy atom. The molecule has 0 spiro atoms. The normalized spacial score (nSPS) is 15.0. The van der Waals surface area contributed by atoms with Gasteiger partial charge < -0.3 is 5.32 Å². The first-order valence-corrected chi connectivity index (χ1v) is 6.94. The third kappa shape index (κ3) is 6.89. The van der Waals surface area contributed by atoms with Gasteiger partial charge in [-0.1, -0.05) is 6.07 Å². The number of benzene rings is 1. The third-order valence-corrected chi connectivity index (χ3v) is 3.24. The van der Waals surface area contributed by atoms with Gasteiger partial charge in [-0.3, -0.25) is 0 Å². The summed E-state index contributed by atoms with van der Waals surface area (Å²) in [4.78, 5) is 0. The first-order chi connectivity index (χ1) is 9.69. The summed E-state index contributed by atoms with van der Waals surface area (Å²) in [6, 6.07) is 3.32. The molecule has 0 heterocycles. The van der Waals surface area contributed by atoms with E-state index in [0.29, 0.717) is 6.42 Å². The SMILES string of the molecule is CC(CCCC(F)(F)F)NC(C)Cc1c(F)cccc1F. The Balaban J connectivity index is 2.41. The second-order valence-corrected chi connectivity index (χ2v) is 5.38. The predicted molar refractivity (Wildman–Crippen MR) is 72.0 cm³/mol. The van der Waals surface area contributed by atoms with Crippen molar-refractivity contribution < 1.29 is 22.0 Å². The summed E-state index contributed by atoms with van der Waals surface area (Å²) in [5.74, 6) is -1.21. The van der Waals surface area contributed by atoms with Crippen LogP contribution in [0.3, 0.4) is 0 Å². The van der Waals surface area contributed by atoms with Crippen molar-refractivity contribution in [2.45, 2.75) is 57.8 Å². The number of rotatable bonds is 7. The summed E-state index contributed by atoms with van der Waals surface area (Å²) in [7, 11) is 0. The number of halogens is 5. The van der Waals surface area contributed by atoms with Crippen LogP contribution in [-0.2, 0) is 6.42 Å². The Bertz CT molecular complexity index is 424. The fourth-order valence-electron chi connectivity index (χ4n) is 2.27. The molecule has 0 fully saturated rings. The second kappa shape index (κ2) is 7.73. The lowest BCUT2D eigenvalue weighted by molar-refractivity contribution is -0.135. The molecule has 120 valence electrons. The van der Waals surface area contributed by atoms with Crippen LogP contribution >= 0.6 is 0 Å². The zero-order valence-corrected chi connectivity index (χ0v) is 12.1. The van der Waals surface area contributed by atoms with Crippen LogP contribution in [0.4, 0.5) is 22.0 Å². The highest BCUT2D eigenvalue weighted by molar-refractivity contribution is 5.20. The third-order valence-electron chi connectivity index (χ3n) is 3.24. The van der Waals surface area contributed by atoms with Crippen LogP contribution in [0.15, 0.2) is 18.2 Å². The minimum atomic E-state index is -4.14. The van der Waals surface area contributed by atoms with E-state index in [1.807, 2.05) is 0 Å². The Morgan fingerprint density at radius 1 is 1.05 bits per heavy atom. The molecule has 0 bridgehead atoms. The van der Waals surface area contributed by atoms with Crippen molar-refractivity contribution in [3.05, 3.63) is 35.4 Å². The van der Waals surface area contributed by atoms with Crippen LogP contribution in [0.2, 0.25) is 0 Å². The fourth-order valence-corrected chi connectivity index (χ4v) is 2.27. The van der Waals surface area contributed by atoms with Crippen molar-refractivity contribution in [2.75, 3.05) is 0 Å². The summed E-state index contributed by atoms with van der Waals surface area (Å²) >= 11 is 0. The molecule has 0 aliphatic heterocycles. The summed E-state index contributed by atoms with van der Waals surface area (Å²) in [6.07, 6.45) is -4.39. The molecule has 1 aromatic carbocycles. The van der Waals surface area contributed by atoms with Gasteiger partial charge in [0.15, 0.2) is 0 Å². The van der Waals surface area contributed by atoms with E-state index in [1.54, 1.807) is 13.8 Å². The molecule has 1 N–H and O–H groups in total.